The molecule has 0 aliphatic carbocycles. The number of nitrogens with one attached hydrogen (secondary N) is 2. The molecule has 3 aromatic rings. The van der Waals surface area contributed by atoms with Gasteiger partial charge in [-0.1, -0.05) is 29.3 Å². The molecule has 0 unspecified atom stereocenters. The van der Waals surface area contributed by atoms with Gasteiger partial charge in [0.25, 0.3) is 5.91 Å². The maximum absolute atomic E-state index is 12.8. The summed E-state index contributed by atoms with van der Waals surface area (Å²) >= 11 is 12.2. The average Bonchev–Trinajstić information content (AvgIpc) is 2.92. The standard InChI is InChI=1S/C26H29Cl2N7O2/c27-19-8-7-9-20(22(19)28)30-23(37)18-11-10-17(16-21(18)36)29-24-31-25(34-12-3-1-4-13-34)33-26(32-24)35-14-5-2-6-15-35/h7-11,16,36H,1-6,12-15H2,(H,30,37)(H,29,31,32,33). The van der Waals surface area contributed by atoms with Gasteiger partial charge in [0.1, 0.15) is 5.75 Å². The Hall–Kier alpha value is -3.30. The summed E-state index contributed by atoms with van der Waals surface area (Å²) in [5.74, 6) is 1.03. The normalized spacial score (nSPS) is 15.9. The van der Waals surface area contributed by atoms with E-state index >= 15 is 0 Å². The topological polar surface area (TPSA) is 107 Å². The van der Waals surface area contributed by atoms with Crippen molar-refractivity contribution in [1.82, 2.24) is 15.0 Å². The second-order valence-electron chi connectivity index (χ2n) is 9.27. The molecule has 37 heavy (non-hydrogen) atoms. The van der Waals surface area contributed by atoms with Crippen molar-refractivity contribution in [2.75, 3.05) is 46.6 Å². The number of amides is 1. The number of aromatic hydroxyl groups is 1. The Morgan fingerprint density at radius 1 is 0.838 bits per heavy atom. The number of rotatable bonds is 6. The van der Waals surface area contributed by atoms with E-state index < -0.39 is 5.91 Å². The first-order valence-electron chi connectivity index (χ1n) is 12.6. The summed E-state index contributed by atoms with van der Waals surface area (Å²) in [6, 6.07) is 9.65. The Morgan fingerprint density at radius 2 is 1.46 bits per heavy atom. The van der Waals surface area contributed by atoms with Crippen LogP contribution in [0.25, 0.3) is 0 Å². The molecule has 2 fully saturated rings. The van der Waals surface area contributed by atoms with E-state index in [-0.39, 0.29) is 16.3 Å². The van der Waals surface area contributed by atoms with Crippen LogP contribution in [-0.2, 0) is 0 Å². The molecule has 0 saturated carbocycles. The molecule has 194 valence electrons. The van der Waals surface area contributed by atoms with Crippen LogP contribution in [0.2, 0.25) is 10.0 Å². The van der Waals surface area contributed by atoms with Crippen molar-refractivity contribution in [3.8, 4) is 5.75 Å². The number of piperidine rings is 2. The zero-order chi connectivity index (χ0) is 25.8. The number of hydrogen-bond donors (Lipinski definition) is 3. The van der Waals surface area contributed by atoms with Crippen LogP contribution in [0, 0.1) is 0 Å². The first kappa shape index (κ1) is 25.4. The first-order valence-corrected chi connectivity index (χ1v) is 13.3. The summed E-state index contributed by atoms with van der Waals surface area (Å²) < 4.78 is 0. The van der Waals surface area contributed by atoms with Crippen molar-refractivity contribution in [2.45, 2.75) is 38.5 Å². The molecule has 3 heterocycles. The van der Waals surface area contributed by atoms with E-state index in [1.165, 1.54) is 25.0 Å². The summed E-state index contributed by atoms with van der Waals surface area (Å²) in [5, 5.41) is 17.1. The van der Waals surface area contributed by atoms with Crippen LogP contribution >= 0.6 is 23.2 Å². The third-order valence-electron chi connectivity index (χ3n) is 6.59. The maximum atomic E-state index is 12.8. The van der Waals surface area contributed by atoms with E-state index in [0.29, 0.717) is 34.2 Å². The Morgan fingerprint density at radius 3 is 2.05 bits per heavy atom. The van der Waals surface area contributed by atoms with Gasteiger partial charge in [-0.05, 0) is 62.8 Å². The van der Waals surface area contributed by atoms with Gasteiger partial charge in [-0.15, -0.1) is 0 Å². The minimum absolute atomic E-state index is 0.0975. The second kappa shape index (κ2) is 11.4. The number of carbonyl (C=O) groups excluding carboxylic acids is 1. The number of hydrogen-bond acceptors (Lipinski definition) is 8. The van der Waals surface area contributed by atoms with Crippen LogP contribution in [0.3, 0.4) is 0 Å². The van der Waals surface area contributed by atoms with Gasteiger partial charge < -0.3 is 25.5 Å². The number of anilines is 5. The molecule has 0 atom stereocenters. The highest BCUT2D eigenvalue weighted by Crippen LogP contribution is 2.31. The molecule has 2 aromatic carbocycles. The van der Waals surface area contributed by atoms with Gasteiger partial charge in [0.15, 0.2) is 0 Å². The van der Waals surface area contributed by atoms with Crippen molar-refractivity contribution in [1.29, 1.82) is 0 Å². The van der Waals surface area contributed by atoms with E-state index in [4.69, 9.17) is 28.2 Å². The zero-order valence-corrected chi connectivity index (χ0v) is 21.9. The van der Waals surface area contributed by atoms with Crippen molar-refractivity contribution < 1.29 is 9.90 Å². The quantitative estimate of drug-likeness (QED) is 0.356. The third-order valence-corrected chi connectivity index (χ3v) is 7.41. The van der Waals surface area contributed by atoms with Crippen molar-refractivity contribution >= 4 is 58.3 Å². The van der Waals surface area contributed by atoms with Crippen LogP contribution in [0.15, 0.2) is 36.4 Å². The molecule has 0 bridgehead atoms. The van der Waals surface area contributed by atoms with E-state index in [1.807, 2.05) is 0 Å². The van der Waals surface area contributed by atoms with Crippen LogP contribution < -0.4 is 20.4 Å². The van der Waals surface area contributed by atoms with E-state index in [2.05, 4.69) is 30.4 Å². The number of benzene rings is 2. The molecule has 3 N–H and O–H groups in total. The molecule has 5 rings (SSSR count). The van der Waals surface area contributed by atoms with E-state index in [0.717, 1.165) is 51.9 Å². The number of halogens is 2. The van der Waals surface area contributed by atoms with Gasteiger partial charge in [0, 0.05) is 37.9 Å². The number of carbonyl (C=O) groups is 1. The van der Waals surface area contributed by atoms with Crippen molar-refractivity contribution in [3.63, 3.8) is 0 Å². The fourth-order valence-electron chi connectivity index (χ4n) is 4.60. The lowest BCUT2D eigenvalue weighted by atomic mass is 10.1. The molecule has 1 aromatic heterocycles. The summed E-state index contributed by atoms with van der Waals surface area (Å²) in [6.45, 7) is 3.68. The fourth-order valence-corrected chi connectivity index (χ4v) is 4.95. The maximum Gasteiger partial charge on any atom is 0.259 e. The molecule has 0 radical (unpaired) electrons. The van der Waals surface area contributed by atoms with E-state index in [9.17, 15) is 9.90 Å². The average molecular weight is 542 g/mol. The van der Waals surface area contributed by atoms with Crippen molar-refractivity contribution in [3.05, 3.63) is 52.0 Å². The SMILES string of the molecule is O=C(Nc1cccc(Cl)c1Cl)c1ccc(Nc2nc(N3CCCCC3)nc(N3CCCCC3)n2)cc1O. The molecular formula is C26H29Cl2N7O2. The molecule has 9 nitrogen and oxygen atoms in total. The molecule has 2 aliphatic rings. The number of nitrogens with zero attached hydrogens (tertiary/aromatic N) is 5. The molecule has 2 saturated heterocycles. The van der Waals surface area contributed by atoms with Crippen LogP contribution in [-0.4, -0.2) is 52.1 Å². The highest BCUT2D eigenvalue weighted by Gasteiger charge is 2.21. The molecular weight excluding hydrogens is 513 g/mol. The smallest absolute Gasteiger partial charge is 0.259 e. The van der Waals surface area contributed by atoms with Gasteiger partial charge in [-0.2, -0.15) is 15.0 Å². The molecule has 2 aliphatic heterocycles. The minimum Gasteiger partial charge on any atom is -0.507 e. The second-order valence-corrected chi connectivity index (χ2v) is 10.1. The Kier molecular flexibility index (Phi) is 7.81. The zero-order valence-electron chi connectivity index (χ0n) is 20.4. The third kappa shape index (κ3) is 5.99. The van der Waals surface area contributed by atoms with Gasteiger partial charge in [0.2, 0.25) is 17.8 Å². The monoisotopic (exact) mass is 541 g/mol. The number of phenolic OH excluding ortho intramolecular Hbond substituents is 1. The lowest BCUT2D eigenvalue weighted by Gasteiger charge is -2.30. The van der Waals surface area contributed by atoms with Crippen LogP contribution in [0.1, 0.15) is 48.9 Å². The summed E-state index contributed by atoms with van der Waals surface area (Å²) in [6.07, 6.45) is 6.90. The Bertz CT molecular complexity index is 1240. The van der Waals surface area contributed by atoms with E-state index in [1.54, 1.807) is 24.3 Å². The van der Waals surface area contributed by atoms with Gasteiger partial charge in [-0.3, -0.25) is 4.79 Å². The predicted molar refractivity (Wildman–Crippen MR) is 148 cm³/mol. The van der Waals surface area contributed by atoms with Crippen LogP contribution in [0.4, 0.5) is 29.2 Å². The fraction of sp³-hybridized carbons (Fsp3) is 0.385. The number of aromatic nitrogens is 3. The van der Waals surface area contributed by atoms with Gasteiger partial charge in [0.05, 0.1) is 21.3 Å². The minimum atomic E-state index is -0.506. The largest absolute Gasteiger partial charge is 0.507 e. The van der Waals surface area contributed by atoms with Crippen molar-refractivity contribution in [2.24, 2.45) is 0 Å². The summed E-state index contributed by atoms with van der Waals surface area (Å²) in [4.78, 5) is 31.3. The predicted octanol–water partition coefficient (Wildman–Crippen LogP) is 5.86. The lowest BCUT2D eigenvalue weighted by Crippen LogP contribution is -2.34. The number of phenols is 1. The first-order chi connectivity index (χ1) is 18.0. The Labute approximate surface area is 225 Å². The van der Waals surface area contributed by atoms with Crippen LogP contribution in [0.5, 0.6) is 5.75 Å². The summed E-state index contributed by atoms with van der Waals surface area (Å²) in [5.41, 5.74) is 1.01. The molecule has 0 spiro atoms. The molecule has 1 amide bonds. The summed E-state index contributed by atoms with van der Waals surface area (Å²) in [7, 11) is 0. The highest BCUT2D eigenvalue weighted by molar-refractivity contribution is 6.44. The molecule has 11 heteroatoms. The Balaban J connectivity index is 1.37. The van der Waals surface area contributed by atoms with Gasteiger partial charge in [-0.25, -0.2) is 0 Å². The highest BCUT2D eigenvalue weighted by atomic mass is 35.5. The lowest BCUT2D eigenvalue weighted by molar-refractivity contribution is 0.102. The van der Waals surface area contributed by atoms with Gasteiger partial charge >= 0.3 is 0 Å².